The first-order valence-corrected chi connectivity index (χ1v) is 9.07. The molecule has 2 aromatic heterocycles. The topological polar surface area (TPSA) is 113 Å². The van der Waals surface area contributed by atoms with Crippen molar-refractivity contribution >= 4 is 5.91 Å². The van der Waals surface area contributed by atoms with E-state index in [4.69, 9.17) is 10.00 Å². The van der Waals surface area contributed by atoms with Gasteiger partial charge in [-0.3, -0.25) is 4.79 Å². The molecule has 8 heteroatoms. The van der Waals surface area contributed by atoms with E-state index in [1.54, 1.807) is 43.5 Å². The highest BCUT2D eigenvalue weighted by atomic mass is 16.5. The summed E-state index contributed by atoms with van der Waals surface area (Å²) in [6.07, 6.45) is 3.68. The van der Waals surface area contributed by atoms with Crippen molar-refractivity contribution in [1.29, 1.82) is 5.26 Å². The van der Waals surface area contributed by atoms with Crippen LogP contribution in [-0.2, 0) is 4.74 Å². The van der Waals surface area contributed by atoms with Gasteiger partial charge < -0.3 is 15.2 Å². The number of aromatic hydroxyl groups is 1. The second-order valence-corrected chi connectivity index (χ2v) is 6.54. The van der Waals surface area contributed by atoms with Crippen LogP contribution >= 0.6 is 0 Å². The van der Waals surface area contributed by atoms with E-state index < -0.39 is 0 Å². The van der Waals surface area contributed by atoms with Gasteiger partial charge in [-0.05, 0) is 43.2 Å². The highest BCUT2D eigenvalue weighted by Crippen LogP contribution is 2.30. The summed E-state index contributed by atoms with van der Waals surface area (Å²) in [5.41, 5.74) is 2.20. The average Bonchev–Trinajstić information content (AvgIpc) is 3.13. The van der Waals surface area contributed by atoms with Crippen LogP contribution in [0.2, 0.25) is 0 Å². The molecule has 1 aromatic carbocycles. The normalized spacial score (nSPS) is 11.6. The number of nitriles is 1. The Kier molecular flexibility index (Phi) is 6.22. The number of aromatic nitrogens is 3. The Morgan fingerprint density at radius 3 is 2.66 bits per heavy atom. The summed E-state index contributed by atoms with van der Waals surface area (Å²) in [6.45, 7) is 2.48. The minimum Gasteiger partial charge on any atom is -0.493 e. The molecule has 0 aliphatic carbocycles. The monoisotopic (exact) mass is 391 g/mol. The predicted molar refractivity (Wildman–Crippen MR) is 107 cm³/mol. The van der Waals surface area contributed by atoms with Crippen LogP contribution in [0.25, 0.3) is 16.9 Å². The number of rotatable bonds is 7. The molecule has 0 spiro atoms. The number of hydrogen-bond acceptors (Lipinski definition) is 6. The fourth-order valence-corrected chi connectivity index (χ4v) is 2.76. The Balaban J connectivity index is 1.75. The first-order chi connectivity index (χ1) is 14.0. The summed E-state index contributed by atoms with van der Waals surface area (Å²) >= 11 is 0. The highest BCUT2D eigenvalue weighted by molar-refractivity contribution is 5.94. The van der Waals surface area contributed by atoms with Gasteiger partial charge in [0.2, 0.25) is 5.88 Å². The zero-order chi connectivity index (χ0) is 20.8. The molecule has 0 unspecified atom stereocenters. The molecule has 2 N–H and O–H groups in total. The molecule has 0 saturated carbocycles. The van der Waals surface area contributed by atoms with E-state index in [1.807, 2.05) is 6.92 Å². The Morgan fingerprint density at radius 2 is 2.03 bits per heavy atom. The fourth-order valence-electron chi connectivity index (χ4n) is 2.76. The first-order valence-electron chi connectivity index (χ1n) is 9.07. The lowest BCUT2D eigenvalue weighted by Crippen LogP contribution is -2.33. The smallest absolute Gasteiger partial charge is 0.253 e. The van der Waals surface area contributed by atoms with Crippen LogP contribution in [0, 0.1) is 11.3 Å². The largest absolute Gasteiger partial charge is 0.493 e. The molecule has 0 bridgehead atoms. The lowest BCUT2D eigenvalue weighted by Gasteiger charge is -2.13. The number of hydrogen-bond donors (Lipinski definition) is 2. The third-order valence-electron chi connectivity index (χ3n) is 4.43. The van der Waals surface area contributed by atoms with Gasteiger partial charge in [-0.15, -0.1) is 0 Å². The van der Waals surface area contributed by atoms with E-state index in [0.29, 0.717) is 35.5 Å². The Hall–Kier alpha value is -3.70. The quantitative estimate of drug-likeness (QED) is 0.640. The van der Waals surface area contributed by atoms with Crippen LogP contribution in [-0.4, -0.2) is 45.5 Å². The number of ether oxygens (including phenoxy) is 1. The van der Waals surface area contributed by atoms with Gasteiger partial charge in [-0.2, -0.15) is 15.0 Å². The van der Waals surface area contributed by atoms with Crippen molar-refractivity contribution in [3.63, 3.8) is 0 Å². The number of methoxy groups -OCH3 is 1. The van der Waals surface area contributed by atoms with Gasteiger partial charge >= 0.3 is 0 Å². The van der Waals surface area contributed by atoms with Gasteiger partial charge in [0.25, 0.3) is 5.91 Å². The van der Waals surface area contributed by atoms with Crippen LogP contribution in [0.1, 0.15) is 29.3 Å². The number of pyridine rings is 1. The van der Waals surface area contributed by atoms with Crippen molar-refractivity contribution in [2.75, 3.05) is 13.7 Å². The van der Waals surface area contributed by atoms with Crippen LogP contribution in [0.15, 0.2) is 48.8 Å². The molecule has 3 aromatic rings. The zero-order valence-electron chi connectivity index (χ0n) is 16.2. The number of carbonyl (C=O) groups is 1. The molecule has 1 atom stereocenters. The van der Waals surface area contributed by atoms with E-state index in [-0.39, 0.29) is 17.8 Å². The number of amides is 1. The van der Waals surface area contributed by atoms with Crippen LogP contribution in [0.3, 0.4) is 0 Å². The summed E-state index contributed by atoms with van der Waals surface area (Å²) in [6, 6.07) is 12.1. The van der Waals surface area contributed by atoms with Gasteiger partial charge in [0, 0.05) is 26.0 Å². The Morgan fingerprint density at radius 1 is 1.28 bits per heavy atom. The first kappa shape index (κ1) is 20.0. The summed E-state index contributed by atoms with van der Waals surface area (Å²) in [4.78, 5) is 16.5. The van der Waals surface area contributed by atoms with E-state index in [2.05, 4.69) is 21.5 Å². The number of nitrogens with one attached hydrogen (secondary N) is 1. The number of carbonyl (C=O) groups excluding carboxylic acids is 1. The van der Waals surface area contributed by atoms with Crippen molar-refractivity contribution in [2.24, 2.45) is 0 Å². The second kappa shape index (κ2) is 8.99. The molecule has 0 saturated heterocycles. The van der Waals surface area contributed by atoms with E-state index in [0.717, 1.165) is 5.56 Å². The molecular weight excluding hydrogens is 370 g/mol. The summed E-state index contributed by atoms with van der Waals surface area (Å²) < 4.78 is 6.30. The number of nitrogens with zero attached hydrogens (tertiary/aromatic N) is 4. The van der Waals surface area contributed by atoms with Gasteiger partial charge in [0.05, 0.1) is 29.0 Å². The fraction of sp³-hybridized carbons (Fsp3) is 0.238. The molecule has 0 fully saturated rings. The molecule has 3 rings (SSSR count). The average molecular weight is 391 g/mol. The molecule has 0 radical (unpaired) electrons. The third-order valence-corrected chi connectivity index (χ3v) is 4.43. The van der Waals surface area contributed by atoms with Gasteiger partial charge in [0.15, 0.2) is 5.82 Å². The molecule has 1 amide bonds. The van der Waals surface area contributed by atoms with E-state index in [9.17, 15) is 9.90 Å². The van der Waals surface area contributed by atoms with E-state index in [1.165, 1.54) is 17.1 Å². The minimum absolute atomic E-state index is 0.0210. The molecule has 29 heavy (non-hydrogen) atoms. The van der Waals surface area contributed by atoms with Crippen LogP contribution in [0.4, 0.5) is 0 Å². The molecule has 2 heterocycles. The molecule has 148 valence electrons. The van der Waals surface area contributed by atoms with Crippen molar-refractivity contribution < 1.29 is 14.6 Å². The van der Waals surface area contributed by atoms with Crippen LogP contribution in [0.5, 0.6) is 5.88 Å². The summed E-state index contributed by atoms with van der Waals surface area (Å²) in [5, 5.41) is 26.5. The minimum atomic E-state index is -0.226. The van der Waals surface area contributed by atoms with Gasteiger partial charge in [-0.25, -0.2) is 4.98 Å². The maximum absolute atomic E-state index is 12.3. The molecule has 0 aliphatic rings. The SMILES string of the molecule is COCC[C@@H](C)NC(=O)c1ccc(-n2ncc(-c3ccc(C#N)cc3)c2O)nc1. The highest BCUT2D eigenvalue weighted by Gasteiger charge is 2.15. The lowest BCUT2D eigenvalue weighted by molar-refractivity contribution is 0.0929. The van der Waals surface area contributed by atoms with E-state index >= 15 is 0 Å². The summed E-state index contributed by atoms with van der Waals surface area (Å²) in [7, 11) is 1.62. The molecule has 8 nitrogen and oxygen atoms in total. The molecule has 0 aliphatic heterocycles. The van der Waals surface area contributed by atoms with Gasteiger partial charge in [0.1, 0.15) is 0 Å². The maximum Gasteiger partial charge on any atom is 0.253 e. The van der Waals surface area contributed by atoms with Crippen LogP contribution < -0.4 is 5.32 Å². The van der Waals surface area contributed by atoms with Crippen molar-refractivity contribution in [3.05, 3.63) is 59.9 Å². The Bertz CT molecular complexity index is 1020. The molecular formula is C21H21N5O3. The van der Waals surface area contributed by atoms with Crippen molar-refractivity contribution in [2.45, 2.75) is 19.4 Å². The zero-order valence-corrected chi connectivity index (χ0v) is 16.2. The lowest BCUT2D eigenvalue weighted by atomic mass is 10.1. The van der Waals surface area contributed by atoms with Gasteiger partial charge in [-0.1, -0.05) is 12.1 Å². The standard InChI is InChI=1S/C21H21N5O3/c1-14(9-10-29-2)25-20(27)17-7-8-19(23-12-17)26-21(28)18(13-24-26)16-5-3-15(11-22)4-6-16/h3-8,12-14,28H,9-10H2,1-2H3,(H,25,27)/t14-/m1/s1. The second-order valence-electron chi connectivity index (χ2n) is 6.54. The number of benzene rings is 1. The van der Waals surface area contributed by atoms with Crippen molar-refractivity contribution in [1.82, 2.24) is 20.1 Å². The van der Waals surface area contributed by atoms with Crippen molar-refractivity contribution in [3.8, 4) is 28.9 Å². The summed E-state index contributed by atoms with van der Waals surface area (Å²) in [5.74, 6) is 0.0783. The Labute approximate surface area is 168 Å². The maximum atomic E-state index is 12.3. The predicted octanol–water partition coefficient (Wildman–Crippen LogP) is 2.67. The third kappa shape index (κ3) is 4.59.